The molecule has 59 heavy (non-hydrogen) atoms. The number of carbonyl (C=O) groups is 1. The van der Waals surface area contributed by atoms with Gasteiger partial charge in [0.1, 0.15) is 36.6 Å². The van der Waals surface area contributed by atoms with E-state index in [0.29, 0.717) is 12.8 Å². The lowest BCUT2D eigenvalue weighted by Gasteiger charge is -2.41. The van der Waals surface area contributed by atoms with Gasteiger partial charge in [0, 0.05) is 0 Å². The van der Waals surface area contributed by atoms with Crippen LogP contribution in [0.2, 0.25) is 0 Å². The van der Waals surface area contributed by atoms with Gasteiger partial charge in [-0.1, -0.05) is 153 Å². The number of amides is 1. The smallest absolute Gasteiger partial charge is 0.393 e. The van der Waals surface area contributed by atoms with E-state index in [9.17, 15) is 50.0 Å². The molecule has 0 aliphatic heterocycles. The quantitative estimate of drug-likeness (QED) is 0.0170. The van der Waals surface area contributed by atoms with Crippen LogP contribution in [0.5, 0.6) is 0 Å². The van der Waals surface area contributed by atoms with E-state index in [4.69, 9.17) is 9.05 Å². The van der Waals surface area contributed by atoms with Gasteiger partial charge >= 0.3 is 7.82 Å². The number of hydrogen-bond acceptors (Lipinski definition) is 11. The average molecular weight is 862 g/mol. The molecule has 8 atom stereocenters. The summed E-state index contributed by atoms with van der Waals surface area (Å²) in [6, 6.07) is -1.26. The maximum Gasteiger partial charge on any atom is 0.472 e. The zero-order valence-electron chi connectivity index (χ0n) is 36.4. The molecular formula is C45H84NO12P. The molecular weight excluding hydrogens is 777 g/mol. The van der Waals surface area contributed by atoms with Crippen LogP contribution in [0.15, 0.2) is 36.5 Å². The molecule has 1 rings (SSSR count). The molecule has 0 saturated heterocycles. The molecule has 1 aliphatic carbocycles. The van der Waals surface area contributed by atoms with Crippen LogP contribution in [0, 0.1) is 0 Å². The fourth-order valence-corrected chi connectivity index (χ4v) is 8.10. The monoisotopic (exact) mass is 862 g/mol. The molecule has 0 aromatic heterocycles. The number of nitrogens with one attached hydrogen (secondary N) is 1. The Balaban J connectivity index is 2.59. The maximum atomic E-state index is 13.0. The van der Waals surface area contributed by atoms with Crippen molar-refractivity contribution in [3.8, 4) is 0 Å². The molecule has 1 amide bonds. The van der Waals surface area contributed by atoms with E-state index in [1.165, 1.54) is 89.5 Å². The number of phosphoric ester groups is 1. The lowest BCUT2D eigenvalue weighted by Crippen LogP contribution is -2.64. The first-order chi connectivity index (χ1) is 28.3. The Morgan fingerprint density at radius 3 is 1.49 bits per heavy atom. The lowest BCUT2D eigenvalue weighted by molar-refractivity contribution is -0.220. The minimum Gasteiger partial charge on any atom is -0.393 e. The summed E-state index contributed by atoms with van der Waals surface area (Å²) >= 11 is 0. The van der Waals surface area contributed by atoms with Crippen LogP contribution >= 0.6 is 7.82 Å². The first kappa shape index (κ1) is 55.5. The van der Waals surface area contributed by atoms with Crippen LogP contribution in [-0.2, 0) is 18.4 Å². The van der Waals surface area contributed by atoms with E-state index in [1.54, 1.807) is 6.08 Å². The predicted molar refractivity (Wildman–Crippen MR) is 233 cm³/mol. The largest absolute Gasteiger partial charge is 0.472 e. The summed E-state index contributed by atoms with van der Waals surface area (Å²) in [6.07, 6.45) is 25.2. The number of hydrogen-bond donors (Lipinski definition) is 9. The van der Waals surface area contributed by atoms with Gasteiger partial charge < -0.3 is 46.0 Å². The van der Waals surface area contributed by atoms with Crippen molar-refractivity contribution in [3.05, 3.63) is 36.5 Å². The third-order valence-electron chi connectivity index (χ3n) is 10.9. The second-order valence-corrected chi connectivity index (χ2v) is 17.8. The van der Waals surface area contributed by atoms with E-state index >= 15 is 0 Å². The molecule has 8 unspecified atom stereocenters. The first-order valence-corrected chi connectivity index (χ1v) is 24.5. The number of phosphoric acid groups is 1. The van der Waals surface area contributed by atoms with Crippen LogP contribution < -0.4 is 5.32 Å². The van der Waals surface area contributed by atoms with Gasteiger partial charge in [0.05, 0.1) is 31.3 Å². The minimum absolute atomic E-state index is 0.258. The predicted octanol–water partition coefficient (Wildman–Crippen LogP) is 7.36. The maximum absolute atomic E-state index is 13.0. The Labute approximate surface area is 356 Å². The Morgan fingerprint density at radius 2 is 1.00 bits per heavy atom. The molecule has 0 aromatic carbocycles. The van der Waals surface area contributed by atoms with Crippen molar-refractivity contribution in [2.75, 3.05) is 6.61 Å². The third kappa shape index (κ3) is 27.2. The molecule has 1 fully saturated rings. The van der Waals surface area contributed by atoms with Crippen molar-refractivity contribution in [2.45, 2.75) is 236 Å². The van der Waals surface area contributed by atoms with Crippen LogP contribution in [0.25, 0.3) is 0 Å². The molecule has 1 saturated carbocycles. The van der Waals surface area contributed by atoms with Crippen LogP contribution in [0.4, 0.5) is 0 Å². The van der Waals surface area contributed by atoms with Crippen molar-refractivity contribution >= 4 is 13.7 Å². The van der Waals surface area contributed by atoms with E-state index in [0.717, 1.165) is 64.2 Å². The van der Waals surface area contributed by atoms with Gasteiger partial charge in [-0.3, -0.25) is 13.8 Å². The highest BCUT2D eigenvalue weighted by Gasteiger charge is 2.51. The Bertz CT molecular complexity index is 1160. The van der Waals surface area contributed by atoms with Gasteiger partial charge in [-0.25, -0.2) is 4.57 Å². The summed E-state index contributed by atoms with van der Waals surface area (Å²) in [5.41, 5.74) is 0. The molecule has 0 aromatic rings. The number of carbonyl (C=O) groups excluding carboxylic acids is 1. The summed E-state index contributed by atoms with van der Waals surface area (Å²) in [5.74, 6) is -0.609. The molecule has 0 radical (unpaired) electrons. The summed E-state index contributed by atoms with van der Waals surface area (Å²) in [5, 5.41) is 74.4. The van der Waals surface area contributed by atoms with Gasteiger partial charge in [-0.2, -0.15) is 0 Å². The van der Waals surface area contributed by atoms with Crippen LogP contribution in [0.3, 0.4) is 0 Å². The van der Waals surface area contributed by atoms with Gasteiger partial charge in [-0.05, 0) is 57.8 Å². The molecule has 0 heterocycles. The van der Waals surface area contributed by atoms with E-state index < -0.39 is 75.2 Å². The highest BCUT2D eigenvalue weighted by Crippen LogP contribution is 2.47. The number of allylic oxidation sites excluding steroid dienone is 5. The van der Waals surface area contributed by atoms with Crippen molar-refractivity contribution in [1.29, 1.82) is 0 Å². The summed E-state index contributed by atoms with van der Waals surface area (Å²) in [4.78, 5) is 23.4. The lowest BCUT2D eigenvalue weighted by atomic mass is 9.85. The molecule has 1 aliphatic rings. The zero-order valence-corrected chi connectivity index (χ0v) is 37.3. The highest BCUT2D eigenvalue weighted by atomic mass is 31.2. The van der Waals surface area contributed by atoms with Crippen molar-refractivity contribution in [1.82, 2.24) is 5.32 Å². The summed E-state index contributed by atoms with van der Waals surface area (Å²) in [7, 11) is -5.15. The standard InChI is InChI=1S/C45H84NO12P/c1-3-5-7-9-11-13-15-17-19-20-22-24-26-28-30-32-36(47)34-39(49)46-37(35-57-59(55,56)58-45-43(53)41(51)40(50)42(52)44(45)54)38(48)33-31-29-27-25-23-21-18-16-14-12-10-8-6-4-2/h17,19,23,25,31,33,36-38,40-45,47-48,50-54H,3-16,18,20-22,24,26-30,32,34-35H2,1-2H3,(H,46,49)(H,55,56)/b19-17-,25-23+,33-31+. The number of aliphatic hydroxyl groups is 7. The van der Waals surface area contributed by atoms with Gasteiger partial charge in [-0.15, -0.1) is 0 Å². The summed E-state index contributed by atoms with van der Waals surface area (Å²) in [6.45, 7) is 3.70. The molecule has 14 heteroatoms. The van der Waals surface area contributed by atoms with E-state index in [2.05, 4.69) is 43.5 Å². The van der Waals surface area contributed by atoms with Crippen molar-refractivity contribution < 1.29 is 59.0 Å². The topological polar surface area (TPSA) is 226 Å². The number of aliphatic hydroxyl groups excluding tert-OH is 7. The molecule has 0 bridgehead atoms. The Kier molecular flexibility index (Phi) is 33.0. The first-order valence-electron chi connectivity index (χ1n) is 23.0. The fourth-order valence-electron chi connectivity index (χ4n) is 7.13. The normalized spacial score (nSPS) is 23.9. The fraction of sp³-hybridized carbons (Fsp3) is 0.844. The molecule has 0 spiro atoms. The average Bonchev–Trinajstić information content (AvgIpc) is 3.21. The van der Waals surface area contributed by atoms with E-state index in [-0.39, 0.29) is 6.42 Å². The minimum atomic E-state index is -5.15. The SMILES string of the molecule is CCCCCCCC/C=C\CCCCCCCC(O)CC(=O)NC(COP(=O)(O)OC1C(O)C(O)C(O)C(O)C1O)C(O)/C=C/CC/C=C/CCCCCCCCCC. The van der Waals surface area contributed by atoms with Crippen LogP contribution in [-0.4, -0.2) is 108 Å². The Morgan fingerprint density at radius 1 is 0.593 bits per heavy atom. The molecule has 346 valence electrons. The molecule has 13 nitrogen and oxygen atoms in total. The summed E-state index contributed by atoms with van der Waals surface area (Å²) < 4.78 is 22.8. The van der Waals surface area contributed by atoms with E-state index in [1.807, 2.05) is 0 Å². The van der Waals surface area contributed by atoms with Crippen molar-refractivity contribution in [2.24, 2.45) is 0 Å². The Hall–Kier alpha value is -1.48. The second kappa shape index (κ2) is 35.0. The van der Waals surface area contributed by atoms with Crippen LogP contribution in [0.1, 0.15) is 181 Å². The highest BCUT2D eigenvalue weighted by molar-refractivity contribution is 7.47. The number of unbranched alkanes of at least 4 members (excludes halogenated alkanes) is 20. The third-order valence-corrected chi connectivity index (χ3v) is 11.9. The zero-order chi connectivity index (χ0) is 43.7. The second-order valence-electron chi connectivity index (χ2n) is 16.4. The number of rotatable bonds is 37. The van der Waals surface area contributed by atoms with Gasteiger partial charge in [0.15, 0.2) is 0 Å². The van der Waals surface area contributed by atoms with Crippen molar-refractivity contribution in [3.63, 3.8) is 0 Å². The van der Waals surface area contributed by atoms with Gasteiger partial charge in [0.2, 0.25) is 5.91 Å². The van der Waals surface area contributed by atoms with Gasteiger partial charge in [0.25, 0.3) is 0 Å². The molecule has 9 N–H and O–H groups in total.